The van der Waals surface area contributed by atoms with E-state index in [9.17, 15) is 14.9 Å². The number of benzene rings is 7. The van der Waals surface area contributed by atoms with Gasteiger partial charge in [-0.3, -0.25) is 9.59 Å². The Morgan fingerprint density at radius 3 is 1.86 bits per heavy atom. The molecule has 0 bridgehead atoms. The van der Waals surface area contributed by atoms with Crippen LogP contribution in [0, 0.1) is 11.3 Å². The molecule has 5 nitrogen and oxygen atoms in total. The Balaban J connectivity index is 1.21. The number of anilines is 1. The molecule has 0 N–H and O–H groups in total. The number of nitrogens with zero attached hydrogens (tertiary/aromatic N) is 3. The normalized spacial score (nSPS) is 12.4. The molecule has 0 fully saturated rings. The van der Waals surface area contributed by atoms with Gasteiger partial charge in [-0.15, -0.1) is 0 Å². The molecule has 5 heteroatoms. The molecule has 0 unspecified atom stereocenters. The molecule has 50 heavy (non-hydrogen) atoms. The van der Waals surface area contributed by atoms with Gasteiger partial charge in [0.15, 0.2) is 0 Å². The molecule has 0 atom stereocenters. The van der Waals surface area contributed by atoms with Crippen LogP contribution in [-0.2, 0) is 0 Å². The lowest BCUT2D eigenvalue weighted by molar-refractivity contribution is 0.0926. The number of amides is 2. The van der Waals surface area contributed by atoms with E-state index in [0.29, 0.717) is 27.9 Å². The van der Waals surface area contributed by atoms with Crippen LogP contribution in [0.2, 0.25) is 0 Å². The smallest absolute Gasteiger partial charge is 0.266 e. The molecule has 7 aromatic carbocycles. The van der Waals surface area contributed by atoms with Crippen LogP contribution in [-0.4, -0.2) is 16.4 Å². The molecule has 8 aromatic rings. The number of para-hydroxylation sites is 2. The van der Waals surface area contributed by atoms with Gasteiger partial charge in [0.05, 0.1) is 45.2 Å². The molecular weight excluding hydrogens is 615 g/mol. The Labute approximate surface area is 288 Å². The zero-order valence-electron chi connectivity index (χ0n) is 26.7. The number of nitriles is 1. The van der Waals surface area contributed by atoms with E-state index in [1.807, 2.05) is 121 Å². The highest BCUT2D eigenvalue weighted by Crippen LogP contribution is 2.42. The van der Waals surface area contributed by atoms with E-state index in [2.05, 4.69) is 47.0 Å². The van der Waals surface area contributed by atoms with Crippen LogP contribution in [0.15, 0.2) is 164 Å². The maximum absolute atomic E-state index is 14.4. The zero-order chi connectivity index (χ0) is 33.8. The van der Waals surface area contributed by atoms with Crippen LogP contribution in [0.3, 0.4) is 0 Å². The number of carbonyl (C=O) groups excluding carboxylic acids is 2. The van der Waals surface area contributed by atoms with Gasteiger partial charge >= 0.3 is 0 Å². The molecule has 0 spiro atoms. The molecule has 1 aromatic heterocycles. The summed E-state index contributed by atoms with van der Waals surface area (Å²) in [5.74, 6) is -0.668. The molecule has 9 rings (SSSR count). The summed E-state index contributed by atoms with van der Waals surface area (Å²) in [6.45, 7) is 0. The van der Waals surface area contributed by atoms with E-state index in [1.165, 1.54) is 4.90 Å². The van der Waals surface area contributed by atoms with E-state index in [1.54, 1.807) is 6.07 Å². The van der Waals surface area contributed by atoms with Gasteiger partial charge in [-0.2, -0.15) is 5.26 Å². The Kier molecular flexibility index (Phi) is 6.75. The van der Waals surface area contributed by atoms with Gasteiger partial charge in [-0.25, -0.2) is 4.90 Å². The second-order valence-electron chi connectivity index (χ2n) is 12.4. The van der Waals surface area contributed by atoms with Gasteiger partial charge in [-0.1, -0.05) is 115 Å². The van der Waals surface area contributed by atoms with E-state index in [-0.39, 0.29) is 11.8 Å². The standard InChI is InChI=1S/C45H27N3O2/c46-28-29-22-24-41(37(26-29)31-14-5-2-6-15-31)47-40-21-10-8-17-35(40)38-27-32(23-25-42(38)47)34-18-11-19-36-43(34)45(50)48(44(36)49)39-20-9-7-16-33(39)30-12-3-1-4-13-30/h1-27H. The third-order valence-corrected chi connectivity index (χ3v) is 9.58. The minimum Gasteiger partial charge on any atom is -0.309 e. The first-order chi connectivity index (χ1) is 24.6. The molecule has 1 aliphatic rings. The molecule has 1 aliphatic heterocycles. The molecule has 0 radical (unpaired) electrons. The lowest BCUT2D eigenvalue weighted by Gasteiger charge is -2.18. The SMILES string of the molecule is N#Cc1ccc(-n2c3ccccc3c3cc(-c4cccc5c4C(=O)N(c4ccccc4-c4ccccc4)C5=O)ccc32)c(-c2ccccc2)c1. The maximum atomic E-state index is 14.4. The van der Waals surface area contributed by atoms with E-state index in [0.717, 1.165) is 55.3 Å². The Morgan fingerprint density at radius 1 is 0.440 bits per heavy atom. The van der Waals surface area contributed by atoms with Crippen molar-refractivity contribution >= 4 is 39.3 Å². The van der Waals surface area contributed by atoms with Gasteiger partial charge in [0, 0.05) is 21.9 Å². The van der Waals surface area contributed by atoms with Crippen molar-refractivity contribution in [2.45, 2.75) is 0 Å². The van der Waals surface area contributed by atoms with Gasteiger partial charge in [0.1, 0.15) is 0 Å². The molecule has 2 heterocycles. The van der Waals surface area contributed by atoms with Gasteiger partial charge in [0.2, 0.25) is 0 Å². The monoisotopic (exact) mass is 641 g/mol. The fourth-order valence-electron chi connectivity index (χ4n) is 7.32. The van der Waals surface area contributed by atoms with Crippen molar-refractivity contribution in [3.05, 3.63) is 180 Å². The van der Waals surface area contributed by atoms with Gasteiger partial charge in [0.25, 0.3) is 11.8 Å². The summed E-state index contributed by atoms with van der Waals surface area (Å²) in [7, 11) is 0. The number of hydrogen-bond acceptors (Lipinski definition) is 3. The molecule has 2 amide bonds. The number of fused-ring (bicyclic) bond motifs is 4. The molecule has 0 saturated heterocycles. The minimum atomic E-state index is -0.336. The van der Waals surface area contributed by atoms with Crippen molar-refractivity contribution in [2.24, 2.45) is 0 Å². The second kappa shape index (κ2) is 11.6. The average Bonchev–Trinajstić information content (AvgIpc) is 3.65. The maximum Gasteiger partial charge on any atom is 0.266 e. The van der Waals surface area contributed by atoms with Crippen LogP contribution >= 0.6 is 0 Å². The number of carbonyl (C=O) groups is 2. The Morgan fingerprint density at radius 2 is 1.08 bits per heavy atom. The van der Waals surface area contributed by atoms with Crippen LogP contribution in [0.4, 0.5) is 5.69 Å². The fourth-order valence-corrected chi connectivity index (χ4v) is 7.32. The highest BCUT2D eigenvalue weighted by molar-refractivity contribution is 6.37. The van der Waals surface area contributed by atoms with Crippen LogP contribution in [0.1, 0.15) is 26.3 Å². The largest absolute Gasteiger partial charge is 0.309 e. The Bertz CT molecular complexity index is 2700. The summed E-state index contributed by atoms with van der Waals surface area (Å²) in [4.78, 5) is 29.7. The van der Waals surface area contributed by atoms with Crippen molar-refractivity contribution < 1.29 is 9.59 Å². The number of hydrogen-bond donors (Lipinski definition) is 0. The third kappa shape index (κ3) is 4.47. The predicted octanol–water partition coefficient (Wildman–Crippen LogP) is 10.5. The first kappa shape index (κ1) is 29.1. The second-order valence-corrected chi connectivity index (χ2v) is 12.4. The highest BCUT2D eigenvalue weighted by Gasteiger charge is 2.39. The summed E-state index contributed by atoms with van der Waals surface area (Å²) in [5.41, 5.74) is 10.2. The van der Waals surface area contributed by atoms with Crippen LogP contribution < -0.4 is 4.90 Å². The van der Waals surface area contributed by atoms with Gasteiger partial charge in [-0.05, 0) is 70.8 Å². The topological polar surface area (TPSA) is 66.1 Å². The number of aromatic nitrogens is 1. The summed E-state index contributed by atoms with van der Waals surface area (Å²) < 4.78 is 2.24. The van der Waals surface area contributed by atoms with Crippen molar-refractivity contribution in [2.75, 3.05) is 4.90 Å². The Hall–Kier alpha value is -7.03. The van der Waals surface area contributed by atoms with Crippen LogP contribution in [0.5, 0.6) is 0 Å². The third-order valence-electron chi connectivity index (χ3n) is 9.58. The molecular formula is C45H27N3O2. The molecule has 0 saturated carbocycles. The lowest BCUT2D eigenvalue weighted by Crippen LogP contribution is -2.30. The summed E-state index contributed by atoms with van der Waals surface area (Å²) in [6, 6.07) is 55.6. The first-order valence-electron chi connectivity index (χ1n) is 16.4. The molecule has 234 valence electrons. The van der Waals surface area contributed by atoms with Gasteiger partial charge < -0.3 is 4.57 Å². The number of rotatable bonds is 5. The van der Waals surface area contributed by atoms with Crippen molar-refractivity contribution in [3.8, 4) is 45.1 Å². The van der Waals surface area contributed by atoms with Crippen LogP contribution in [0.25, 0.3) is 60.9 Å². The summed E-state index contributed by atoms with van der Waals surface area (Å²) >= 11 is 0. The highest BCUT2D eigenvalue weighted by atomic mass is 16.2. The van der Waals surface area contributed by atoms with E-state index < -0.39 is 0 Å². The number of imide groups is 1. The quantitative estimate of drug-likeness (QED) is 0.176. The summed E-state index contributed by atoms with van der Waals surface area (Å²) in [6.07, 6.45) is 0. The fraction of sp³-hybridized carbons (Fsp3) is 0. The minimum absolute atomic E-state index is 0.331. The first-order valence-corrected chi connectivity index (χ1v) is 16.4. The van der Waals surface area contributed by atoms with E-state index >= 15 is 0 Å². The van der Waals surface area contributed by atoms with Crippen molar-refractivity contribution in [3.63, 3.8) is 0 Å². The zero-order valence-corrected chi connectivity index (χ0v) is 26.7. The average molecular weight is 642 g/mol. The lowest BCUT2D eigenvalue weighted by atomic mass is 9.95. The van der Waals surface area contributed by atoms with E-state index in [4.69, 9.17) is 0 Å². The summed E-state index contributed by atoms with van der Waals surface area (Å²) in [5, 5.41) is 11.8. The van der Waals surface area contributed by atoms with Crippen molar-refractivity contribution in [1.82, 2.24) is 4.57 Å². The van der Waals surface area contributed by atoms with Crippen molar-refractivity contribution in [1.29, 1.82) is 5.26 Å². The predicted molar refractivity (Wildman–Crippen MR) is 199 cm³/mol. The molecule has 0 aliphatic carbocycles.